The fraction of sp³-hybridized carbons (Fsp3) is 0.211. The van der Waals surface area contributed by atoms with Gasteiger partial charge in [0.15, 0.2) is 0 Å². The van der Waals surface area contributed by atoms with E-state index in [4.69, 9.17) is 0 Å². The zero-order chi connectivity index (χ0) is 17.8. The van der Waals surface area contributed by atoms with Crippen LogP contribution in [0.2, 0.25) is 0 Å². The summed E-state index contributed by atoms with van der Waals surface area (Å²) in [5.74, 6) is -0.355. The molecule has 0 bridgehead atoms. The molecule has 6 heteroatoms. The van der Waals surface area contributed by atoms with Gasteiger partial charge in [0.05, 0.1) is 6.42 Å². The Morgan fingerprint density at radius 3 is 2.80 bits per heavy atom. The van der Waals surface area contributed by atoms with E-state index in [0.29, 0.717) is 30.6 Å². The second-order valence-corrected chi connectivity index (χ2v) is 5.98. The summed E-state index contributed by atoms with van der Waals surface area (Å²) in [6.07, 6.45) is 1.09. The Labute approximate surface area is 145 Å². The highest BCUT2D eigenvalue weighted by atomic mass is 16.2. The average Bonchev–Trinajstić information content (AvgIpc) is 2.93. The third kappa shape index (κ3) is 4.23. The predicted octanol–water partition coefficient (Wildman–Crippen LogP) is 2.11. The Kier molecular flexibility index (Phi) is 4.79. The normalized spacial score (nSPS) is 12.3. The fourth-order valence-corrected chi connectivity index (χ4v) is 2.80. The van der Waals surface area contributed by atoms with Crippen LogP contribution in [0.15, 0.2) is 42.5 Å². The standard InChI is InChI=1S/C19H19N3O3/c1-12(23)21-16-4-2-3-14(10-16)19(25)20-8-7-13-5-6-17-15(9-13)11-18(24)22-17/h2-6,9-10H,7-8,11H2,1H3,(H,20,25)(H,21,23)(H,22,24). The van der Waals surface area contributed by atoms with Gasteiger partial charge < -0.3 is 16.0 Å². The minimum absolute atomic E-state index is 0.0134. The van der Waals surface area contributed by atoms with Crippen molar-refractivity contribution in [1.82, 2.24) is 5.32 Å². The molecule has 0 unspecified atom stereocenters. The molecule has 0 aliphatic carbocycles. The highest BCUT2D eigenvalue weighted by Gasteiger charge is 2.17. The number of carbonyl (C=O) groups excluding carboxylic acids is 3. The molecule has 2 aromatic carbocycles. The largest absolute Gasteiger partial charge is 0.352 e. The molecular formula is C19H19N3O3. The van der Waals surface area contributed by atoms with E-state index in [2.05, 4.69) is 16.0 Å². The van der Waals surface area contributed by atoms with Crippen molar-refractivity contribution in [2.75, 3.05) is 17.2 Å². The molecule has 2 aromatic rings. The predicted molar refractivity (Wildman–Crippen MR) is 95.6 cm³/mol. The molecule has 0 atom stereocenters. The molecule has 3 rings (SSSR count). The van der Waals surface area contributed by atoms with Gasteiger partial charge in [-0.1, -0.05) is 18.2 Å². The van der Waals surface area contributed by atoms with Gasteiger partial charge in [0.2, 0.25) is 11.8 Å². The van der Waals surface area contributed by atoms with Crippen molar-refractivity contribution < 1.29 is 14.4 Å². The summed E-state index contributed by atoms with van der Waals surface area (Å²) in [5.41, 5.74) is 4.03. The van der Waals surface area contributed by atoms with Gasteiger partial charge in [0.25, 0.3) is 5.91 Å². The smallest absolute Gasteiger partial charge is 0.251 e. The van der Waals surface area contributed by atoms with Crippen molar-refractivity contribution in [1.29, 1.82) is 0 Å². The average molecular weight is 337 g/mol. The summed E-state index contributed by atoms with van der Waals surface area (Å²) in [4.78, 5) is 34.7. The molecule has 1 heterocycles. The van der Waals surface area contributed by atoms with Crippen LogP contribution >= 0.6 is 0 Å². The first-order valence-corrected chi connectivity index (χ1v) is 8.09. The zero-order valence-corrected chi connectivity index (χ0v) is 13.9. The lowest BCUT2D eigenvalue weighted by atomic mass is 10.1. The summed E-state index contributed by atoms with van der Waals surface area (Å²) < 4.78 is 0. The second-order valence-electron chi connectivity index (χ2n) is 5.98. The van der Waals surface area contributed by atoms with Crippen LogP contribution in [0.3, 0.4) is 0 Å². The van der Waals surface area contributed by atoms with E-state index in [9.17, 15) is 14.4 Å². The van der Waals surface area contributed by atoms with Crippen molar-refractivity contribution >= 4 is 29.1 Å². The topological polar surface area (TPSA) is 87.3 Å². The molecule has 0 saturated heterocycles. The van der Waals surface area contributed by atoms with Gasteiger partial charge in [-0.05, 0) is 41.8 Å². The molecule has 0 fully saturated rings. The Morgan fingerprint density at radius 1 is 1.16 bits per heavy atom. The number of carbonyl (C=O) groups is 3. The first-order chi connectivity index (χ1) is 12.0. The Hall–Kier alpha value is -3.15. The van der Waals surface area contributed by atoms with E-state index in [-0.39, 0.29) is 17.7 Å². The van der Waals surface area contributed by atoms with Gasteiger partial charge >= 0.3 is 0 Å². The van der Waals surface area contributed by atoms with Gasteiger partial charge in [-0.15, -0.1) is 0 Å². The molecule has 25 heavy (non-hydrogen) atoms. The molecule has 0 aromatic heterocycles. The van der Waals surface area contributed by atoms with Gasteiger partial charge in [0.1, 0.15) is 0 Å². The molecule has 0 spiro atoms. The van der Waals surface area contributed by atoms with E-state index in [1.54, 1.807) is 24.3 Å². The van der Waals surface area contributed by atoms with E-state index in [1.807, 2.05) is 18.2 Å². The fourth-order valence-electron chi connectivity index (χ4n) is 2.80. The zero-order valence-electron chi connectivity index (χ0n) is 13.9. The molecule has 0 radical (unpaired) electrons. The highest BCUT2D eigenvalue weighted by molar-refractivity contribution is 5.99. The molecule has 6 nitrogen and oxygen atoms in total. The number of hydrogen-bond donors (Lipinski definition) is 3. The number of nitrogens with one attached hydrogen (secondary N) is 3. The molecule has 1 aliphatic rings. The van der Waals surface area contributed by atoms with Crippen molar-refractivity contribution in [2.45, 2.75) is 19.8 Å². The van der Waals surface area contributed by atoms with Crippen LogP contribution in [0.5, 0.6) is 0 Å². The van der Waals surface area contributed by atoms with Gasteiger partial charge in [0, 0.05) is 30.4 Å². The summed E-state index contributed by atoms with van der Waals surface area (Å²) in [6, 6.07) is 12.7. The SMILES string of the molecule is CC(=O)Nc1cccc(C(=O)NCCc2ccc3c(c2)CC(=O)N3)c1. The van der Waals surface area contributed by atoms with Crippen molar-refractivity contribution in [3.63, 3.8) is 0 Å². The minimum Gasteiger partial charge on any atom is -0.352 e. The number of amides is 3. The summed E-state index contributed by atoms with van der Waals surface area (Å²) in [6.45, 7) is 1.91. The summed E-state index contributed by atoms with van der Waals surface area (Å²) in [7, 11) is 0. The molecule has 3 N–H and O–H groups in total. The lowest BCUT2D eigenvalue weighted by molar-refractivity contribution is -0.115. The number of fused-ring (bicyclic) bond motifs is 1. The molecular weight excluding hydrogens is 318 g/mol. The van der Waals surface area contributed by atoms with Crippen molar-refractivity contribution in [3.8, 4) is 0 Å². The maximum absolute atomic E-state index is 12.2. The highest BCUT2D eigenvalue weighted by Crippen LogP contribution is 2.23. The minimum atomic E-state index is -0.190. The maximum Gasteiger partial charge on any atom is 0.251 e. The Bertz CT molecular complexity index is 846. The van der Waals surface area contributed by atoms with Crippen LogP contribution in [0.25, 0.3) is 0 Å². The van der Waals surface area contributed by atoms with Crippen molar-refractivity contribution in [3.05, 3.63) is 59.2 Å². The van der Waals surface area contributed by atoms with Crippen LogP contribution in [-0.2, 0) is 22.4 Å². The third-order valence-electron chi connectivity index (χ3n) is 3.94. The van der Waals surface area contributed by atoms with E-state index in [0.717, 1.165) is 16.8 Å². The third-order valence-corrected chi connectivity index (χ3v) is 3.94. The van der Waals surface area contributed by atoms with E-state index < -0.39 is 0 Å². The summed E-state index contributed by atoms with van der Waals surface area (Å²) in [5, 5.41) is 8.33. The lowest BCUT2D eigenvalue weighted by Gasteiger charge is -2.08. The second kappa shape index (κ2) is 7.17. The number of anilines is 2. The van der Waals surface area contributed by atoms with Crippen LogP contribution in [0.4, 0.5) is 11.4 Å². The quantitative estimate of drug-likeness (QED) is 0.781. The lowest BCUT2D eigenvalue weighted by Crippen LogP contribution is -2.25. The van der Waals surface area contributed by atoms with Crippen LogP contribution in [0.1, 0.15) is 28.4 Å². The van der Waals surface area contributed by atoms with Gasteiger partial charge in [-0.3, -0.25) is 14.4 Å². The number of rotatable bonds is 5. The molecule has 1 aliphatic heterocycles. The van der Waals surface area contributed by atoms with E-state index in [1.165, 1.54) is 6.92 Å². The number of hydrogen-bond acceptors (Lipinski definition) is 3. The first kappa shape index (κ1) is 16.7. The molecule has 128 valence electrons. The van der Waals surface area contributed by atoms with Crippen molar-refractivity contribution in [2.24, 2.45) is 0 Å². The first-order valence-electron chi connectivity index (χ1n) is 8.09. The van der Waals surface area contributed by atoms with Crippen LogP contribution < -0.4 is 16.0 Å². The van der Waals surface area contributed by atoms with Gasteiger partial charge in [-0.2, -0.15) is 0 Å². The monoisotopic (exact) mass is 337 g/mol. The Balaban J connectivity index is 1.55. The van der Waals surface area contributed by atoms with Crippen LogP contribution in [-0.4, -0.2) is 24.3 Å². The van der Waals surface area contributed by atoms with E-state index >= 15 is 0 Å². The molecule has 3 amide bonds. The molecule has 0 saturated carbocycles. The van der Waals surface area contributed by atoms with Gasteiger partial charge in [-0.25, -0.2) is 0 Å². The Morgan fingerprint density at radius 2 is 2.00 bits per heavy atom. The summed E-state index contributed by atoms with van der Waals surface area (Å²) >= 11 is 0. The van der Waals surface area contributed by atoms with Crippen LogP contribution in [0, 0.1) is 0 Å². The maximum atomic E-state index is 12.2. The number of benzene rings is 2.